The summed E-state index contributed by atoms with van der Waals surface area (Å²) in [5.74, 6) is -0.219. The minimum absolute atomic E-state index is 0.0664. The monoisotopic (exact) mass is 222 g/mol. The van der Waals surface area contributed by atoms with Crippen LogP contribution >= 0.6 is 0 Å². The Morgan fingerprint density at radius 3 is 3.06 bits per heavy atom. The molecule has 1 aromatic carbocycles. The van der Waals surface area contributed by atoms with Crippen molar-refractivity contribution in [1.29, 1.82) is 0 Å². The van der Waals surface area contributed by atoms with Crippen LogP contribution in [0.3, 0.4) is 0 Å². The van der Waals surface area contributed by atoms with Crippen molar-refractivity contribution in [2.24, 2.45) is 0 Å². The highest BCUT2D eigenvalue weighted by Gasteiger charge is 2.26. The van der Waals surface area contributed by atoms with Gasteiger partial charge in [-0.1, -0.05) is 6.07 Å². The Bertz CT molecular complexity index is 406. The number of fused-ring (bicyclic) bond motifs is 1. The number of hydrogen-bond acceptors (Lipinski definition) is 2. The molecule has 16 heavy (non-hydrogen) atoms. The van der Waals surface area contributed by atoms with E-state index in [0.717, 1.165) is 24.2 Å². The molecular formula is C12H15FN2O. The molecule has 1 aromatic rings. The van der Waals surface area contributed by atoms with Crippen LogP contribution in [0.15, 0.2) is 18.2 Å². The highest BCUT2D eigenvalue weighted by Crippen LogP contribution is 2.29. The molecule has 1 heterocycles. The van der Waals surface area contributed by atoms with Crippen molar-refractivity contribution >= 4 is 11.6 Å². The highest BCUT2D eigenvalue weighted by molar-refractivity contribution is 6.01. The fraction of sp³-hybridized carbons (Fsp3) is 0.417. The van der Waals surface area contributed by atoms with Crippen molar-refractivity contribution in [1.82, 2.24) is 5.32 Å². The van der Waals surface area contributed by atoms with Crippen LogP contribution in [0.1, 0.15) is 12.0 Å². The number of nitrogens with one attached hydrogen (secondary N) is 1. The van der Waals surface area contributed by atoms with Gasteiger partial charge in [0.1, 0.15) is 5.82 Å². The van der Waals surface area contributed by atoms with Crippen LogP contribution in [-0.2, 0) is 11.2 Å². The summed E-state index contributed by atoms with van der Waals surface area (Å²) in [6.07, 6.45) is 1.27. The number of carbonyl (C=O) groups excluding carboxylic acids is 1. The van der Waals surface area contributed by atoms with Gasteiger partial charge < -0.3 is 10.2 Å². The molecule has 1 aliphatic rings. The summed E-state index contributed by atoms with van der Waals surface area (Å²) in [5, 5.41) is 3.03. The molecule has 0 aromatic heterocycles. The van der Waals surface area contributed by atoms with Gasteiger partial charge in [0.25, 0.3) is 0 Å². The molecule has 1 amide bonds. The van der Waals surface area contributed by atoms with Crippen molar-refractivity contribution in [2.45, 2.75) is 12.8 Å². The summed E-state index contributed by atoms with van der Waals surface area (Å²) in [7, 11) is 1.87. The summed E-state index contributed by atoms with van der Waals surface area (Å²) >= 11 is 0. The predicted octanol–water partition coefficient (Wildman–Crippen LogP) is 1.32. The Morgan fingerprint density at radius 2 is 2.31 bits per heavy atom. The zero-order chi connectivity index (χ0) is 11.5. The SMILES string of the molecule is CNCCCN1C(=O)Cc2ccc(F)cc21. The average Bonchev–Trinajstić information content (AvgIpc) is 2.56. The van der Waals surface area contributed by atoms with Crippen molar-refractivity contribution in [2.75, 3.05) is 25.0 Å². The number of benzene rings is 1. The third-order valence-corrected chi connectivity index (χ3v) is 2.79. The Hall–Kier alpha value is -1.42. The average molecular weight is 222 g/mol. The second-order valence-corrected chi connectivity index (χ2v) is 3.95. The number of nitrogens with zero attached hydrogens (tertiary/aromatic N) is 1. The van der Waals surface area contributed by atoms with Gasteiger partial charge in [0.05, 0.1) is 12.1 Å². The second-order valence-electron chi connectivity index (χ2n) is 3.95. The van der Waals surface area contributed by atoms with Gasteiger partial charge in [-0.15, -0.1) is 0 Å². The molecule has 0 unspecified atom stereocenters. The number of halogens is 1. The number of anilines is 1. The van der Waals surface area contributed by atoms with Crippen LogP contribution in [0.25, 0.3) is 0 Å². The maximum atomic E-state index is 13.1. The molecule has 86 valence electrons. The molecule has 0 fully saturated rings. The first-order valence-corrected chi connectivity index (χ1v) is 5.46. The molecule has 4 heteroatoms. The minimum Gasteiger partial charge on any atom is -0.320 e. The van der Waals surface area contributed by atoms with E-state index < -0.39 is 0 Å². The van der Waals surface area contributed by atoms with E-state index in [-0.39, 0.29) is 11.7 Å². The molecule has 1 aliphatic heterocycles. The number of carbonyl (C=O) groups is 1. The first-order valence-electron chi connectivity index (χ1n) is 5.46. The Labute approximate surface area is 94.3 Å². The fourth-order valence-electron chi connectivity index (χ4n) is 1.99. The molecule has 3 nitrogen and oxygen atoms in total. The van der Waals surface area contributed by atoms with Crippen LogP contribution in [0, 0.1) is 5.82 Å². The third kappa shape index (κ3) is 2.07. The summed E-state index contributed by atoms with van der Waals surface area (Å²) in [6, 6.07) is 4.55. The number of hydrogen-bond donors (Lipinski definition) is 1. The second kappa shape index (κ2) is 4.61. The Balaban J connectivity index is 2.15. The quantitative estimate of drug-likeness (QED) is 0.779. The molecule has 0 bridgehead atoms. The van der Waals surface area contributed by atoms with E-state index in [2.05, 4.69) is 5.32 Å². The minimum atomic E-state index is -0.285. The van der Waals surface area contributed by atoms with Crippen LogP contribution < -0.4 is 10.2 Å². The van der Waals surface area contributed by atoms with Gasteiger partial charge in [-0.25, -0.2) is 4.39 Å². The molecule has 0 saturated carbocycles. The third-order valence-electron chi connectivity index (χ3n) is 2.79. The smallest absolute Gasteiger partial charge is 0.231 e. The first kappa shape index (κ1) is 11.1. The normalized spacial score (nSPS) is 14.4. The van der Waals surface area contributed by atoms with Crippen LogP contribution in [-0.4, -0.2) is 26.0 Å². The van der Waals surface area contributed by atoms with Gasteiger partial charge in [-0.3, -0.25) is 4.79 Å². The van der Waals surface area contributed by atoms with Gasteiger partial charge in [0.2, 0.25) is 5.91 Å². The van der Waals surface area contributed by atoms with Crippen LogP contribution in [0.2, 0.25) is 0 Å². The lowest BCUT2D eigenvalue weighted by molar-refractivity contribution is -0.117. The molecule has 2 rings (SSSR count). The topological polar surface area (TPSA) is 32.3 Å². The van der Waals surface area contributed by atoms with E-state index in [0.29, 0.717) is 13.0 Å². The maximum Gasteiger partial charge on any atom is 0.231 e. The largest absolute Gasteiger partial charge is 0.320 e. The summed E-state index contributed by atoms with van der Waals surface area (Å²) in [5.41, 5.74) is 1.66. The van der Waals surface area contributed by atoms with Crippen molar-refractivity contribution in [3.63, 3.8) is 0 Å². The zero-order valence-electron chi connectivity index (χ0n) is 9.29. The first-order chi connectivity index (χ1) is 7.72. The van der Waals surface area contributed by atoms with Crippen molar-refractivity contribution in [3.05, 3.63) is 29.6 Å². The summed E-state index contributed by atoms with van der Waals surface area (Å²) < 4.78 is 13.1. The molecule has 0 radical (unpaired) electrons. The van der Waals surface area contributed by atoms with Gasteiger partial charge >= 0.3 is 0 Å². The van der Waals surface area contributed by atoms with E-state index in [9.17, 15) is 9.18 Å². The highest BCUT2D eigenvalue weighted by atomic mass is 19.1. The standard InChI is InChI=1S/C12H15FN2O/c1-14-5-2-6-15-11-8-10(13)4-3-9(11)7-12(15)16/h3-4,8,14H,2,5-7H2,1H3. The Morgan fingerprint density at radius 1 is 1.50 bits per heavy atom. The summed E-state index contributed by atoms with van der Waals surface area (Å²) in [4.78, 5) is 13.4. The van der Waals surface area contributed by atoms with E-state index in [1.807, 2.05) is 7.05 Å². The number of rotatable bonds is 4. The van der Waals surface area contributed by atoms with E-state index in [1.54, 1.807) is 11.0 Å². The summed E-state index contributed by atoms with van der Waals surface area (Å²) in [6.45, 7) is 1.50. The van der Waals surface area contributed by atoms with Crippen molar-refractivity contribution in [3.8, 4) is 0 Å². The number of amides is 1. The predicted molar refractivity (Wildman–Crippen MR) is 61.0 cm³/mol. The zero-order valence-corrected chi connectivity index (χ0v) is 9.29. The lowest BCUT2D eigenvalue weighted by atomic mass is 10.1. The van der Waals surface area contributed by atoms with E-state index in [1.165, 1.54) is 12.1 Å². The Kier molecular flexibility index (Phi) is 3.19. The molecule has 0 aliphatic carbocycles. The molecular weight excluding hydrogens is 207 g/mol. The van der Waals surface area contributed by atoms with E-state index >= 15 is 0 Å². The van der Waals surface area contributed by atoms with E-state index in [4.69, 9.17) is 0 Å². The van der Waals surface area contributed by atoms with Gasteiger partial charge in [0, 0.05) is 6.54 Å². The molecule has 0 spiro atoms. The van der Waals surface area contributed by atoms with Gasteiger partial charge in [0.15, 0.2) is 0 Å². The maximum absolute atomic E-state index is 13.1. The van der Waals surface area contributed by atoms with Gasteiger partial charge in [-0.2, -0.15) is 0 Å². The molecule has 0 saturated heterocycles. The molecule has 1 N–H and O–H groups in total. The lowest BCUT2D eigenvalue weighted by Crippen LogP contribution is -2.29. The van der Waals surface area contributed by atoms with Gasteiger partial charge in [-0.05, 0) is 37.7 Å². The van der Waals surface area contributed by atoms with Crippen LogP contribution in [0.5, 0.6) is 0 Å². The van der Waals surface area contributed by atoms with Crippen molar-refractivity contribution < 1.29 is 9.18 Å². The van der Waals surface area contributed by atoms with Crippen LogP contribution in [0.4, 0.5) is 10.1 Å². The fourth-order valence-corrected chi connectivity index (χ4v) is 1.99. The lowest BCUT2D eigenvalue weighted by Gasteiger charge is -2.17. The molecule has 0 atom stereocenters.